The molecule has 6 nitrogen and oxygen atoms in total. The molecule has 0 spiro atoms. The molecular formula is C36H36N2O4. The number of likely N-dealkylation sites (N-methyl/N-ethyl adjacent to an activating group) is 1. The lowest BCUT2D eigenvalue weighted by Gasteiger charge is -2.27. The van der Waals surface area contributed by atoms with Gasteiger partial charge in [0, 0.05) is 35.6 Å². The molecule has 0 saturated heterocycles. The Balaban J connectivity index is 1.51. The minimum atomic E-state index is -0.433. The second-order valence-electron chi connectivity index (χ2n) is 10.4. The molecule has 4 aromatic rings. The summed E-state index contributed by atoms with van der Waals surface area (Å²) in [6.45, 7) is 12.2. The van der Waals surface area contributed by atoms with Crippen LogP contribution in [0.25, 0.3) is 22.3 Å². The molecule has 42 heavy (non-hydrogen) atoms. The van der Waals surface area contributed by atoms with E-state index in [-0.39, 0.29) is 0 Å². The molecule has 0 saturated carbocycles. The Morgan fingerprint density at radius 1 is 0.548 bits per heavy atom. The van der Waals surface area contributed by atoms with Crippen LogP contribution in [0, 0.1) is 0 Å². The molecule has 0 amide bonds. The van der Waals surface area contributed by atoms with E-state index < -0.39 is 11.9 Å². The van der Waals surface area contributed by atoms with Crippen molar-refractivity contribution in [3.05, 3.63) is 121 Å². The maximum Gasteiger partial charge on any atom is 0.338 e. The fourth-order valence-corrected chi connectivity index (χ4v) is 4.19. The minimum absolute atomic E-state index is 0.362. The first-order chi connectivity index (χ1) is 20.1. The molecule has 0 aliphatic heterocycles. The number of benzene rings is 4. The third kappa shape index (κ3) is 7.83. The van der Waals surface area contributed by atoms with Crippen molar-refractivity contribution in [1.29, 1.82) is 0 Å². The summed E-state index contributed by atoms with van der Waals surface area (Å²) in [7, 11) is 4.14. The van der Waals surface area contributed by atoms with E-state index in [4.69, 9.17) is 9.47 Å². The zero-order chi connectivity index (χ0) is 30.2. The number of carbonyl (C=O) groups is 2. The SMILES string of the molecule is C=C(C)C(=O)Oc1ccc(-c2ccc(N(CCN(C)C)c3ccc(-c4ccc(OC(=O)C(=C)C)cc4)cc3)cc2)cc1. The van der Waals surface area contributed by atoms with Crippen LogP contribution < -0.4 is 14.4 Å². The van der Waals surface area contributed by atoms with E-state index in [0.717, 1.165) is 46.7 Å². The molecule has 0 N–H and O–H groups in total. The van der Waals surface area contributed by atoms with Crippen LogP contribution in [0.3, 0.4) is 0 Å². The predicted octanol–water partition coefficient (Wildman–Crippen LogP) is 7.68. The fourth-order valence-electron chi connectivity index (χ4n) is 4.19. The number of anilines is 2. The number of hydrogen-bond acceptors (Lipinski definition) is 6. The molecule has 4 rings (SSSR count). The Labute approximate surface area is 248 Å². The summed E-state index contributed by atoms with van der Waals surface area (Å²) in [5.41, 5.74) is 7.09. The summed E-state index contributed by atoms with van der Waals surface area (Å²) in [6, 6.07) is 31.8. The van der Waals surface area contributed by atoms with Crippen molar-refractivity contribution in [2.45, 2.75) is 13.8 Å². The van der Waals surface area contributed by atoms with Crippen LogP contribution in [0.4, 0.5) is 11.4 Å². The third-order valence-electron chi connectivity index (χ3n) is 6.62. The Hall–Kier alpha value is -4.94. The summed E-state index contributed by atoms with van der Waals surface area (Å²) < 4.78 is 10.6. The van der Waals surface area contributed by atoms with Crippen molar-refractivity contribution >= 4 is 23.3 Å². The van der Waals surface area contributed by atoms with Crippen molar-refractivity contribution < 1.29 is 19.1 Å². The number of nitrogens with zero attached hydrogens (tertiary/aromatic N) is 2. The molecule has 0 radical (unpaired) electrons. The van der Waals surface area contributed by atoms with Gasteiger partial charge in [0.25, 0.3) is 0 Å². The van der Waals surface area contributed by atoms with Gasteiger partial charge in [-0.05, 0) is 98.7 Å². The number of hydrogen-bond donors (Lipinski definition) is 0. The average Bonchev–Trinajstić information content (AvgIpc) is 2.98. The molecule has 0 atom stereocenters. The molecule has 6 heteroatoms. The number of rotatable bonds is 11. The van der Waals surface area contributed by atoms with Gasteiger partial charge < -0.3 is 19.3 Å². The molecule has 0 bridgehead atoms. The summed E-state index contributed by atoms with van der Waals surface area (Å²) in [5.74, 6) is 0.114. The number of ether oxygens (including phenoxy) is 2. The smallest absolute Gasteiger partial charge is 0.338 e. The Kier molecular flexibility index (Phi) is 9.73. The first-order valence-corrected chi connectivity index (χ1v) is 13.7. The largest absolute Gasteiger partial charge is 0.423 e. The summed E-state index contributed by atoms with van der Waals surface area (Å²) in [6.07, 6.45) is 0. The summed E-state index contributed by atoms with van der Waals surface area (Å²) >= 11 is 0. The van der Waals surface area contributed by atoms with Crippen LogP contribution in [0.1, 0.15) is 13.8 Å². The first-order valence-electron chi connectivity index (χ1n) is 13.7. The highest BCUT2D eigenvalue weighted by molar-refractivity contribution is 5.89. The van der Waals surface area contributed by atoms with Crippen LogP contribution in [-0.2, 0) is 9.59 Å². The standard InChI is InChI=1S/C36H36N2O4/c1-25(2)35(39)41-33-19-11-29(12-20-33)27-7-15-31(16-8-27)38(24-23-37(5)6)32-17-9-28(10-18-32)30-13-21-34(22-14-30)42-36(40)26(3)4/h7-22H,1,3,23-24H2,2,4-6H3. The molecule has 0 fully saturated rings. The second-order valence-corrected chi connectivity index (χ2v) is 10.4. The quantitative estimate of drug-likeness (QED) is 0.107. The van der Waals surface area contributed by atoms with E-state index in [1.807, 2.05) is 24.3 Å². The Morgan fingerprint density at radius 2 is 0.857 bits per heavy atom. The molecule has 0 aliphatic carbocycles. The maximum absolute atomic E-state index is 11.8. The van der Waals surface area contributed by atoms with Gasteiger partial charge in [-0.3, -0.25) is 0 Å². The summed E-state index contributed by atoms with van der Waals surface area (Å²) in [5, 5.41) is 0. The van der Waals surface area contributed by atoms with Gasteiger partial charge in [-0.25, -0.2) is 9.59 Å². The van der Waals surface area contributed by atoms with Crippen molar-refractivity contribution in [2.75, 3.05) is 32.1 Å². The van der Waals surface area contributed by atoms with Crippen LogP contribution in [0.2, 0.25) is 0 Å². The highest BCUT2D eigenvalue weighted by atomic mass is 16.5. The van der Waals surface area contributed by atoms with Gasteiger partial charge in [-0.1, -0.05) is 61.7 Å². The van der Waals surface area contributed by atoms with E-state index in [9.17, 15) is 9.59 Å². The van der Waals surface area contributed by atoms with Crippen molar-refractivity contribution in [1.82, 2.24) is 4.90 Å². The summed E-state index contributed by atoms with van der Waals surface area (Å²) in [4.78, 5) is 28.0. The van der Waals surface area contributed by atoms with Gasteiger partial charge in [0.1, 0.15) is 11.5 Å². The lowest BCUT2D eigenvalue weighted by Crippen LogP contribution is -2.28. The van der Waals surface area contributed by atoms with E-state index in [0.29, 0.717) is 22.6 Å². The normalized spacial score (nSPS) is 10.7. The van der Waals surface area contributed by atoms with Gasteiger partial charge in [0.15, 0.2) is 0 Å². The first kappa shape index (κ1) is 30.0. The van der Waals surface area contributed by atoms with E-state index >= 15 is 0 Å². The molecule has 0 unspecified atom stereocenters. The third-order valence-corrected chi connectivity index (χ3v) is 6.62. The molecule has 4 aromatic carbocycles. The Bertz CT molecular complexity index is 1440. The maximum atomic E-state index is 11.8. The van der Waals surface area contributed by atoms with Gasteiger partial charge in [0.05, 0.1) is 0 Å². The van der Waals surface area contributed by atoms with Crippen molar-refractivity contribution in [3.8, 4) is 33.8 Å². The van der Waals surface area contributed by atoms with Crippen LogP contribution >= 0.6 is 0 Å². The lowest BCUT2D eigenvalue weighted by molar-refractivity contribution is -0.130. The van der Waals surface area contributed by atoms with E-state index in [1.165, 1.54) is 0 Å². The predicted molar refractivity (Wildman–Crippen MR) is 170 cm³/mol. The van der Waals surface area contributed by atoms with Crippen molar-refractivity contribution in [2.24, 2.45) is 0 Å². The van der Waals surface area contributed by atoms with Gasteiger partial charge in [-0.2, -0.15) is 0 Å². The van der Waals surface area contributed by atoms with Gasteiger partial charge in [-0.15, -0.1) is 0 Å². The highest BCUT2D eigenvalue weighted by Crippen LogP contribution is 2.31. The molecule has 0 aliphatic rings. The Morgan fingerprint density at radius 3 is 1.14 bits per heavy atom. The topological polar surface area (TPSA) is 59.1 Å². The fraction of sp³-hybridized carbons (Fsp3) is 0.167. The zero-order valence-electron chi connectivity index (χ0n) is 24.6. The monoisotopic (exact) mass is 560 g/mol. The molecule has 0 heterocycles. The van der Waals surface area contributed by atoms with Gasteiger partial charge >= 0.3 is 11.9 Å². The molecular weight excluding hydrogens is 524 g/mol. The van der Waals surface area contributed by atoms with Gasteiger partial charge in [0.2, 0.25) is 0 Å². The average molecular weight is 561 g/mol. The van der Waals surface area contributed by atoms with Crippen LogP contribution in [-0.4, -0.2) is 44.0 Å². The second kappa shape index (κ2) is 13.6. The number of carbonyl (C=O) groups excluding carboxylic acids is 2. The van der Waals surface area contributed by atoms with Crippen LogP contribution in [0.15, 0.2) is 121 Å². The molecule has 214 valence electrons. The highest BCUT2D eigenvalue weighted by Gasteiger charge is 2.12. The van der Waals surface area contributed by atoms with E-state index in [1.54, 1.807) is 38.1 Å². The zero-order valence-corrected chi connectivity index (χ0v) is 24.6. The minimum Gasteiger partial charge on any atom is -0.423 e. The molecule has 0 aromatic heterocycles. The lowest BCUT2D eigenvalue weighted by atomic mass is 10.0. The van der Waals surface area contributed by atoms with Crippen molar-refractivity contribution in [3.63, 3.8) is 0 Å². The van der Waals surface area contributed by atoms with Crippen LogP contribution in [0.5, 0.6) is 11.5 Å². The number of esters is 2. The van der Waals surface area contributed by atoms with E-state index in [2.05, 4.69) is 85.6 Å².